The lowest BCUT2D eigenvalue weighted by atomic mass is 9.99. The zero-order valence-electron chi connectivity index (χ0n) is 12.7. The van der Waals surface area contributed by atoms with Crippen molar-refractivity contribution in [3.8, 4) is 0 Å². The Kier molecular flexibility index (Phi) is 4.48. The van der Waals surface area contributed by atoms with Crippen molar-refractivity contribution >= 4 is 11.9 Å². The molecule has 2 atom stereocenters. The van der Waals surface area contributed by atoms with Crippen LogP contribution in [0.15, 0.2) is 0 Å². The third-order valence-electron chi connectivity index (χ3n) is 5.56. The second-order valence-corrected chi connectivity index (χ2v) is 6.84. The highest BCUT2D eigenvalue weighted by molar-refractivity contribution is 5.81. The molecular formula is C16H26N2O3. The van der Waals surface area contributed by atoms with Crippen LogP contribution in [0.4, 0.5) is 0 Å². The fraction of sp³-hybridized carbons (Fsp3) is 0.875. The second kappa shape index (κ2) is 6.34. The van der Waals surface area contributed by atoms with Gasteiger partial charge in [-0.25, -0.2) is 0 Å². The monoisotopic (exact) mass is 294 g/mol. The molecule has 21 heavy (non-hydrogen) atoms. The molecular weight excluding hydrogens is 268 g/mol. The van der Waals surface area contributed by atoms with Gasteiger partial charge in [0.2, 0.25) is 5.91 Å². The number of hydrogen-bond acceptors (Lipinski definition) is 3. The minimum Gasteiger partial charge on any atom is -0.481 e. The zero-order valence-corrected chi connectivity index (χ0v) is 12.7. The van der Waals surface area contributed by atoms with Crippen molar-refractivity contribution in [1.82, 2.24) is 9.80 Å². The molecule has 3 fully saturated rings. The van der Waals surface area contributed by atoms with E-state index in [0.717, 1.165) is 32.4 Å². The van der Waals surface area contributed by atoms with E-state index < -0.39 is 5.97 Å². The molecule has 2 saturated heterocycles. The van der Waals surface area contributed by atoms with Crippen LogP contribution in [0.1, 0.15) is 44.9 Å². The van der Waals surface area contributed by atoms with E-state index in [1.807, 2.05) is 4.90 Å². The molecule has 1 N–H and O–H groups in total. The van der Waals surface area contributed by atoms with Crippen LogP contribution in [-0.2, 0) is 9.59 Å². The van der Waals surface area contributed by atoms with E-state index in [1.54, 1.807) is 0 Å². The molecule has 0 aromatic carbocycles. The maximum Gasteiger partial charge on any atom is 0.306 e. The third kappa shape index (κ3) is 3.23. The number of carboxylic acids is 1. The Bertz CT molecular complexity index is 398. The molecule has 0 spiro atoms. The molecule has 0 unspecified atom stereocenters. The van der Waals surface area contributed by atoms with Crippen molar-refractivity contribution in [3.05, 3.63) is 0 Å². The topological polar surface area (TPSA) is 60.9 Å². The molecule has 1 aliphatic carbocycles. The molecule has 2 heterocycles. The first kappa shape index (κ1) is 14.8. The van der Waals surface area contributed by atoms with Gasteiger partial charge < -0.3 is 14.9 Å². The van der Waals surface area contributed by atoms with E-state index in [-0.39, 0.29) is 17.7 Å². The van der Waals surface area contributed by atoms with Crippen molar-refractivity contribution in [3.63, 3.8) is 0 Å². The number of carboxylic acid groups (broad SMARTS) is 1. The van der Waals surface area contributed by atoms with Crippen molar-refractivity contribution in [2.75, 3.05) is 26.2 Å². The van der Waals surface area contributed by atoms with Crippen LogP contribution in [0, 0.1) is 11.8 Å². The minimum atomic E-state index is -0.738. The van der Waals surface area contributed by atoms with Crippen LogP contribution in [0.3, 0.4) is 0 Å². The number of hydrogen-bond donors (Lipinski definition) is 1. The van der Waals surface area contributed by atoms with E-state index in [4.69, 9.17) is 5.11 Å². The normalized spacial score (nSPS) is 31.7. The standard InChI is InChI=1S/C16H26N2O3/c19-15(12-3-4-13(11-12)16(20)21)18-9-5-14(6-10-18)17-7-1-2-8-17/h12-14H,1-11H2,(H,20,21)/t12-,13+/m0/s1. The molecule has 3 rings (SSSR count). The van der Waals surface area contributed by atoms with Gasteiger partial charge in [0.05, 0.1) is 5.92 Å². The van der Waals surface area contributed by atoms with E-state index in [1.165, 1.54) is 25.9 Å². The van der Waals surface area contributed by atoms with E-state index >= 15 is 0 Å². The van der Waals surface area contributed by atoms with Gasteiger partial charge >= 0.3 is 5.97 Å². The number of amides is 1. The smallest absolute Gasteiger partial charge is 0.306 e. The number of nitrogens with zero attached hydrogens (tertiary/aromatic N) is 2. The number of likely N-dealkylation sites (tertiary alicyclic amines) is 2. The summed E-state index contributed by atoms with van der Waals surface area (Å²) >= 11 is 0. The van der Waals surface area contributed by atoms with Crippen LogP contribution in [0.5, 0.6) is 0 Å². The van der Waals surface area contributed by atoms with E-state index in [9.17, 15) is 9.59 Å². The maximum atomic E-state index is 12.5. The first-order valence-corrected chi connectivity index (χ1v) is 8.41. The predicted octanol–water partition coefficient (Wildman–Crippen LogP) is 1.57. The lowest BCUT2D eigenvalue weighted by Crippen LogP contribution is -2.47. The summed E-state index contributed by atoms with van der Waals surface area (Å²) in [7, 11) is 0. The first-order valence-electron chi connectivity index (χ1n) is 8.41. The van der Waals surface area contributed by atoms with Crippen LogP contribution in [0.25, 0.3) is 0 Å². The van der Waals surface area contributed by atoms with Gasteiger partial charge in [0.1, 0.15) is 0 Å². The van der Waals surface area contributed by atoms with Crippen LogP contribution >= 0.6 is 0 Å². The van der Waals surface area contributed by atoms with E-state index in [0.29, 0.717) is 18.9 Å². The highest BCUT2D eigenvalue weighted by atomic mass is 16.4. The number of piperidine rings is 1. The molecule has 118 valence electrons. The first-order chi connectivity index (χ1) is 10.1. The lowest BCUT2D eigenvalue weighted by molar-refractivity contribution is -0.141. The molecule has 0 aromatic heterocycles. The minimum absolute atomic E-state index is 0.0468. The zero-order chi connectivity index (χ0) is 14.8. The van der Waals surface area contributed by atoms with Gasteiger partial charge in [-0.05, 0) is 58.0 Å². The summed E-state index contributed by atoms with van der Waals surface area (Å²) < 4.78 is 0. The summed E-state index contributed by atoms with van der Waals surface area (Å²) in [6.45, 7) is 4.16. The Morgan fingerprint density at radius 3 is 2.05 bits per heavy atom. The van der Waals surface area contributed by atoms with Gasteiger partial charge in [0.15, 0.2) is 0 Å². The van der Waals surface area contributed by atoms with Gasteiger partial charge in [-0.1, -0.05) is 0 Å². The average Bonchev–Trinajstić information content (AvgIpc) is 3.18. The summed E-state index contributed by atoms with van der Waals surface area (Å²) in [5.74, 6) is -0.882. The van der Waals surface area contributed by atoms with Crippen molar-refractivity contribution < 1.29 is 14.7 Å². The van der Waals surface area contributed by atoms with Crippen LogP contribution in [-0.4, -0.2) is 59.0 Å². The number of rotatable bonds is 3. The molecule has 5 heteroatoms. The number of carbonyl (C=O) groups is 2. The molecule has 1 saturated carbocycles. The van der Waals surface area contributed by atoms with Crippen LogP contribution < -0.4 is 0 Å². The Hall–Kier alpha value is -1.10. The van der Waals surface area contributed by atoms with Crippen molar-refractivity contribution in [2.24, 2.45) is 11.8 Å². The molecule has 0 aromatic rings. The Morgan fingerprint density at radius 2 is 1.48 bits per heavy atom. The summed E-state index contributed by atoms with van der Waals surface area (Å²) in [5, 5.41) is 9.05. The second-order valence-electron chi connectivity index (χ2n) is 6.84. The van der Waals surface area contributed by atoms with Crippen molar-refractivity contribution in [1.29, 1.82) is 0 Å². The predicted molar refractivity (Wildman–Crippen MR) is 78.9 cm³/mol. The summed E-state index contributed by atoms with van der Waals surface area (Å²) in [5.41, 5.74) is 0. The Labute approximate surface area is 126 Å². The summed E-state index contributed by atoms with van der Waals surface area (Å²) in [4.78, 5) is 28.1. The number of carbonyl (C=O) groups excluding carboxylic acids is 1. The van der Waals surface area contributed by atoms with Gasteiger partial charge in [-0.3, -0.25) is 9.59 Å². The van der Waals surface area contributed by atoms with Gasteiger partial charge in [0.25, 0.3) is 0 Å². The molecule has 5 nitrogen and oxygen atoms in total. The highest BCUT2D eigenvalue weighted by Gasteiger charge is 2.37. The molecule has 2 aliphatic heterocycles. The van der Waals surface area contributed by atoms with Gasteiger partial charge in [0, 0.05) is 25.0 Å². The van der Waals surface area contributed by atoms with Gasteiger partial charge in [-0.15, -0.1) is 0 Å². The fourth-order valence-corrected chi connectivity index (χ4v) is 4.25. The molecule has 3 aliphatic rings. The number of aliphatic carboxylic acids is 1. The quantitative estimate of drug-likeness (QED) is 0.858. The Morgan fingerprint density at radius 1 is 0.857 bits per heavy atom. The van der Waals surface area contributed by atoms with Crippen LogP contribution in [0.2, 0.25) is 0 Å². The highest BCUT2D eigenvalue weighted by Crippen LogP contribution is 2.33. The van der Waals surface area contributed by atoms with E-state index in [2.05, 4.69) is 4.90 Å². The largest absolute Gasteiger partial charge is 0.481 e. The van der Waals surface area contributed by atoms with Crippen molar-refractivity contribution in [2.45, 2.75) is 51.0 Å². The molecule has 1 amide bonds. The third-order valence-corrected chi connectivity index (χ3v) is 5.56. The molecule has 0 radical (unpaired) electrons. The SMILES string of the molecule is O=C(O)[C@@H]1CC[C@H](C(=O)N2CCC(N3CCCC3)CC2)C1. The fourth-order valence-electron chi connectivity index (χ4n) is 4.25. The lowest BCUT2D eigenvalue weighted by Gasteiger charge is -2.37. The summed E-state index contributed by atoms with van der Waals surface area (Å²) in [6.07, 6.45) is 6.76. The summed E-state index contributed by atoms with van der Waals surface area (Å²) in [6, 6.07) is 0.659. The average molecular weight is 294 g/mol. The molecule has 0 bridgehead atoms. The Balaban J connectivity index is 1.48. The van der Waals surface area contributed by atoms with Gasteiger partial charge in [-0.2, -0.15) is 0 Å². The maximum absolute atomic E-state index is 12.5.